The molecule has 4 heteroatoms. The Morgan fingerprint density at radius 1 is 0.833 bits per heavy atom. The molecule has 0 atom stereocenters. The van der Waals surface area contributed by atoms with Crippen LogP contribution in [0, 0.1) is 0 Å². The molecule has 0 saturated heterocycles. The molecule has 140 valence electrons. The Kier molecular flexibility index (Phi) is 2.70. The molecule has 2 aliphatic rings. The molecule has 30 heavy (non-hydrogen) atoms. The fourth-order valence-electron chi connectivity index (χ4n) is 4.58. The van der Waals surface area contributed by atoms with E-state index < -0.39 is 0 Å². The van der Waals surface area contributed by atoms with Crippen molar-refractivity contribution in [3.8, 4) is 17.2 Å². The first-order valence-corrected chi connectivity index (χ1v) is 11.5. The van der Waals surface area contributed by atoms with Gasteiger partial charge in [0.05, 0.1) is 1.37 Å². The van der Waals surface area contributed by atoms with Crippen molar-refractivity contribution in [2.75, 3.05) is 0 Å². The van der Waals surface area contributed by atoms with Gasteiger partial charge in [0.2, 0.25) is 0 Å². The van der Waals surface area contributed by atoms with Crippen LogP contribution < -0.4 is 30.0 Å². The molecule has 0 radical (unpaired) electrons. The van der Waals surface area contributed by atoms with Crippen LogP contribution >= 0.6 is 0 Å². The molecule has 0 fully saturated rings. The van der Waals surface area contributed by atoms with Gasteiger partial charge in [-0.15, -0.1) is 0 Å². The molecule has 1 aromatic heterocycles. The summed E-state index contributed by atoms with van der Waals surface area (Å²) >= 11 is 0.243. The van der Waals surface area contributed by atoms with Crippen LogP contribution in [0.1, 0.15) is 5.48 Å². The first-order valence-electron chi connectivity index (χ1n) is 11.8. The van der Waals surface area contributed by atoms with Crippen molar-refractivity contribution in [2.24, 2.45) is 0 Å². The van der Waals surface area contributed by atoms with Crippen LogP contribution in [0.5, 0.6) is 11.5 Å². The van der Waals surface area contributed by atoms with Gasteiger partial charge in [-0.25, -0.2) is 0 Å². The zero-order valence-corrected chi connectivity index (χ0v) is 17.5. The Hall–Kier alpha value is -3.20. The zero-order valence-electron chi connectivity index (χ0n) is 19.8. The zero-order chi connectivity index (χ0) is 23.1. The second-order valence-corrected chi connectivity index (χ2v) is 9.79. The maximum absolute atomic E-state index is 8.45. The average molecular weight is 452 g/mol. The van der Waals surface area contributed by atoms with Crippen LogP contribution in [0.3, 0.4) is 0 Å². The molecule has 2 aliphatic heterocycles. The molecule has 0 saturated carbocycles. The summed E-state index contributed by atoms with van der Waals surface area (Å²) in [5.74, 6) is 1.67. The van der Waals surface area contributed by atoms with Gasteiger partial charge in [0.15, 0.2) is 0 Å². The minimum atomic E-state index is -0.228. The number of fused-ring (bicyclic) bond motifs is 5. The SMILES string of the molecule is [2H]c1c([2H])c([2H])c2c(ccn2-c2ccc3c(c2)Oc2cccc4c2B3c2ccccc2[Se]4)c1[2H]. The second-order valence-electron chi connectivity index (χ2n) is 7.51. The van der Waals surface area contributed by atoms with Crippen LogP contribution in [0.25, 0.3) is 16.6 Å². The van der Waals surface area contributed by atoms with Gasteiger partial charge < -0.3 is 0 Å². The molecule has 7 rings (SSSR count). The van der Waals surface area contributed by atoms with Crippen LogP contribution in [-0.2, 0) is 0 Å². The Morgan fingerprint density at radius 2 is 1.73 bits per heavy atom. The summed E-state index contributed by atoms with van der Waals surface area (Å²) < 4.78 is 43.8. The number of hydrogen-bond acceptors (Lipinski definition) is 1. The van der Waals surface area contributed by atoms with Crippen molar-refractivity contribution in [1.82, 2.24) is 4.57 Å². The van der Waals surface area contributed by atoms with Gasteiger partial charge in [0, 0.05) is 0 Å². The van der Waals surface area contributed by atoms with Crippen LogP contribution in [-0.4, -0.2) is 26.2 Å². The summed E-state index contributed by atoms with van der Waals surface area (Å²) in [6.07, 6.45) is 1.80. The molecule has 0 amide bonds. The van der Waals surface area contributed by atoms with Gasteiger partial charge in [-0.1, -0.05) is 0 Å². The summed E-state index contributed by atoms with van der Waals surface area (Å²) in [5.41, 5.74) is 4.98. The first kappa shape index (κ1) is 13.2. The molecule has 4 aromatic carbocycles. The normalized spacial score (nSPS) is 15.3. The number of rotatable bonds is 1. The Bertz CT molecular complexity index is 1680. The van der Waals surface area contributed by atoms with E-state index in [1.165, 1.54) is 19.8 Å². The van der Waals surface area contributed by atoms with Gasteiger partial charge >= 0.3 is 186 Å². The van der Waals surface area contributed by atoms with E-state index in [-0.39, 0.29) is 45.8 Å². The van der Waals surface area contributed by atoms with E-state index in [0.717, 1.165) is 22.6 Å². The molecule has 0 bridgehead atoms. The molecule has 5 aromatic rings. The van der Waals surface area contributed by atoms with Gasteiger partial charge in [-0.2, -0.15) is 0 Å². The van der Waals surface area contributed by atoms with E-state index >= 15 is 0 Å². The molecule has 0 unspecified atom stereocenters. The molecular formula is C26H16BNOSe. The third-order valence-electron chi connectivity index (χ3n) is 5.90. The maximum atomic E-state index is 8.45. The Morgan fingerprint density at radius 3 is 2.73 bits per heavy atom. The standard InChI is InChI=1S/C26H16BNOSe/c1-3-8-21-17(6-1)14-15-28(21)18-12-13-19-23(16-18)29-22-9-5-11-25-26(22)27(19)20-7-2-4-10-24(20)30-25/h1-16H/i1D,3D,6D,8D. The number of para-hydroxylation sites is 1. The van der Waals surface area contributed by atoms with Crippen molar-refractivity contribution in [3.63, 3.8) is 0 Å². The van der Waals surface area contributed by atoms with Crippen molar-refractivity contribution >= 4 is 57.9 Å². The van der Waals surface area contributed by atoms with E-state index in [1.54, 1.807) is 12.3 Å². The number of ether oxygens (including phenoxy) is 1. The Labute approximate surface area is 187 Å². The number of nitrogens with zero attached hydrogens (tertiary/aromatic N) is 1. The van der Waals surface area contributed by atoms with Gasteiger partial charge in [-0.3, -0.25) is 0 Å². The van der Waals surface area contributed by atoms with E-state index in [2.05, 4.69) is 42.5 Å². The van der Waals surface area contributed by atoms with E-state index in [1.807, 2.05) is 22.8 Å². The average Bonchev–Trinajstić information content (AvgIpc) is 3.31. The van der Waals surface area contributed by atoms with Gasteiger partial charge in [0.25, 0.3) is 0 Å². The van der Waals surface area contributed by atoms with Crippen molar-refractivity contribution in [1.29, 1.82) is 0 Å². The molecule has 0 aliphatic carbocycles. The van der Waals surface area contributed by atoms with Gasteiger partial charge in [-0.05, 0) is 0 Å². The fraction of sp³-hybridized carbons (Fsp3) is 0. The number of aromatic nitrogens is 1. The topological polar surface area (TPSA) is 14.2 Å². The molecule has 0 N–H and O–H groups in total. The van der Waals surface area contributed by atoms with Crippen LogP contribution in [0.4, 0.5) is 0 Å². The summed E-state index contributed by atoms with van der Waals surface area (Å²) in [5, 5.41) is 0.503. The molecule has 3 heterocycles. The van der Waals surface area contributed by atoms with Crippen molar-refractivity contribution in [2.45, 2.75) is 0 Å². The third kappa shape index (κ3) is 2.26. The summed E-state index contributed by atoms with van der Waals surface area (Å²) in [4.78, 5) is 0. The summed E-state index contributed by atoms with van der Waals surface area (Å²) in [6, 6.07) is 22.3. The molecule has 2 nitrogen and oxygen atoms in total. The van der Waals surface area contributed by atoms with E-state index in [0.29, 0.717) is 10.9 Å². The van der Waals surface area contributed by atoms with Crippen LogP contribution in [0.15, 0.2) is 97.1 Å². The first-order chi connectivity index (χ1) is 16.5. The molecular weight excluding hydrogens is 432 g/mol. The molecule has 0 spiro atoms. The number of hydrogen-bond donors (Lipinski definition) is 0. The second kappa shape index (κ2) is 6.15. The van der Waals surface area contributed by atoms with E-state index in [9.17, 15) is 0 Å². The Balaban J connectivity index is 1.44. The predicted molar refractivity (Wildman–Crippen MR) is 126 cm³/mol. The van der Waals surface area contributed by atoms with Crippen LogP contribution in [0.2, 0.25) is 0 Å². The quantitative estimate of drug-likeness (QED) is 0.349. The van der Waals surface area contributed by atoms with E-state index in [4.69, 9.17) is 10.2 Å². The van der Waals surface area contributed by atoms with Crippen molar-refractivity contribution < 1.29 is 10.2 Å². The fourth-order valence-corrected chi connectivity index (χ4v) is 7.02. The predicted octanol–water partition coefficient (Wildman–Crippen LogP) is 2.22. The van der Waals surface area contributed by atoms with Crippen molar-refractivity contribution in [3.05, 3.63) is 97.1 Å². The summed E-state index contributed by atoms with van der Waals surface area (Å²) in [6.45, 7) is 0.120. The monoisotopic (exact) mass is 453 g/mol. The third-order valence-corrected chi connectivity index (χ3v) is 8.35. The number of benzene rings is 4. The van der Waals surface area contributed by atoms with Gasteiger partial charge in [0.1, 0.15) is 0 Å². The minimum absolute atomic E-state index is 0.0221. The summed E-state index contributed by atoms with van der Waals surface area (Å²) in [7, 11) is 0.